The van der Waals surface area contributed by atoms with E-state index in [-0.39, 0.29) is 29.8 Å². The molecular weight excluding hydrogens is 472 g/mol. The average molecular weight is 507 g/mol. The van der Waals surface area contributed by atoms with E-state index >= 15 is 0 Å². The second kappa shape index (κ2) is 10.4. The zero-order valence-corrected chi connectivity index (χ0v) is 22.7. The maximum Gasteiger partial charge on any atom is 0.293 e. The van der Waals surface area contributed by atoms with Crippen LogP contribution in [0.25, 0.3) is 11.6 Å². The average Bonchev–Trinajstić information content (AvgIpc) is 3.10. The van der Waals surface area contributed by atoms with Gasteiger partial charge in [-0.25, -0.2) is 0 Å². The number of allylic oxidation sites excluding steroid dienone is 1. The van der Waals surface area contributed by atoms with Crippen molar-refractivity contribution in [3.8, 4) is 11.5 Å². The van der Waals surface area contributed by atoms with Gasteiger partial charge >= 0.3 is 0 Å². The lowest BCUT2D eigenvalue weighted by Gasteiger charge is -2.43. The third-order valence-corrected chi connectivity index (χ3v) is 7.45. The van der Waals surface area contributed by atoms with Crippen molar-refractivity contribution in [2.75, 3.05) is 31.7 Å². The van der Waals surface area contributed by atoms with E-state index in [0.717, 1.165) is 47.1 Å². The predicted molar refractivity (Wildman–Crippen MR) is 148 cm³/mol. The van der Waals surface area contributed by atoms with E-state index < -0.39 is 0 Å². The number of methoxy groups -OCH3 is 1. The van der Waals surface area contributed by atoms with Crippen LogP contribution in [0.4, 0.5) is 10.5 Å². The minimum Gasteiger partial charge on any atom is -0.496 e. The zero-order chi connectivity index (χ0) is 26.0. The van der Waals surface area contributed by atoms with E-state index in [1.165, 1.54) is 10.5 Å². The van der Waals surface area contributed by atoms with Crippen molar-refractivity contribution in [2.24, 2.45) is 0 Å². The van der Waals surface area contributed by atoms with Crippen LogP contribution in [0.2, 0.25) is 0 Å². The molecule has 1 fully saturated rings. The third kappa shape index (κ3) is 5.16. The standard InChI is InChI=1S/C29H34N2O4S/c1-7-12-31-24-17-25(34-6)21(15-23(24)20(3)18-29(31,4)5)16-26-27(32)30(28(33)36-26)13-14-35-22-10-8-19(2)9-11-22/h8-11,15-18H,7,12-14H2,1-6H3/b26-16+. The molecule has 4 rings (SSSR count). The highest BCUT2D eigenvalue weighted by atomic mass is 32.2. The van der Waals surface area contributed by atoms with Gasteiger partial charge < -0.3 is 14.4 Å². The number of thioether (sulfide) groups is 1. The molecule has 7 heteroatoms. The Labute approximate surface area is 217 Å². The van der Waals surface area contributed by atoms with E-state index in [0.29, 0.717) is 16.4 Å². The maximum atomic E-state index is 13.1. The molecule has 190 valence electrons. The summed E-state index contributed by atoms with van der Waals surface area (Å²) in [6.07, 6.45) is 5.08. The highest BCUT2D eigenvalue weighted by Gasteiger charge is 2.36. The Balaban J connectivity index is 1.57. The Hall–Kier alpha value is -3.19. The van der Waals surface area contributed by atoms with Gasteiger partial charge in [-0.15, -0.1) is 0 Å². The van der Waals surface area contributed by atoms with Crippen LogP contribution in [-0.2, 0) is 4.79 Å². The largest absolute Gasteiger partial charge is 0.496 e. The lowest BCUT2D eigenvalue weighted by atomic mass is 9.87. The van der Waals surface area contributed by atoms with Crippen molar-refractivity contribution in [3.63, 3.8) is 0 Å². The molecule has 2 aromatic carbocycles. The van der Waals surface area contributed by atoms with E-state index in [1.807, 2.05) is 31.2 Å². The molecule has 2 aliphatic heterocycles. The molecule has 0 saturated carbocycles. The Morgan fingerprint density at radius 1 is 1.06 bits per heavy atom. The van der Waals surface area contributed by atoms with Gasteiger partial charge in [0.15, 0.2) is 0 Å². The van der Waals surface area contributed by atoms with Crippen molar-refractivity contribution in [1.82, 2.24) is 4.90 Å². The van der Waals surface area contributed by atoms with E-state index in [2.05, 4.69) is 50.8 Å². The zero-order valence-electron chi connectivity index (χ0n) is 21.9. The number of nitrogens with zero attached hydrogens (tertiary/aromatic N) is 2. The molecule has 2 aliphatic rings. The van der Waals surface area contributed by atoms with Gasteiger partial charge in [0, 0.05) is 29.4 Å². The molecule has 6 nitrogen and oxygen atoms in total. The smallest absolute Gasteiger partial charge is 0.293 e. The molecule has 36 heavy (non-hydrogen) atoms. The Morgan fingerprint density at radius 2 is 1.78 bits per heavy atom. The molecule has 0 spiro atoms. The van der Waals surface area contributed by atoms with Gasteiger partial charge in [0.2, 0.25) is 0 Å². The fraction of sp³-hybridized carbons (Fsp3) is 0.379. The van der Waals surface area contributed by atoms with Gasteiger partial charge in [-0.1, -0.05) is 30.7 Å². The summed E-state index contributed by atoms with van der Waals surface area (Å²) in [5, 5.41) is -0.289. The van der Waals surface area contributed by atoms with Gasteiger partial charge in [0.25, 0.3) is 11.1 Å². The Morgan fingerprint density at radius 3 is 2.44 bits per heavy atom. The molecule has 2 aromatic rings. The lowest BCUT2D eigenvalue weighted by molar-refractivity contribution is -0.123. The monoisotopic (exact) mass is 506 g/mol. The Kier molecular flexibility index (Phi) is 7.50. The summed E-state index contributed by atoms with van der Waals surface area (Å²) in [6.45, 7) is 12.1. The highest BCUT2D eigenvalue weighted by Crippen LogP contribution is 2.43. The van der Waals surface area contributed by atoms with Crippen molar-refractivity contribution < 1.29 is 19.1 Å². The Bertz CT molecular complexity index is 1230. The molecule has 0 radical (unpaired) electrons. The second-order valence-corrected chi connectivity index (χ2v) is 10.7. The van der Waals surface area contributed by atoms with Gasteiger partial charge in [0.05, 0.1) is 24.1 Å². The van der Waals surface area contributed by atoms with Crippen molar-refractivity contribution in [3.05, 3.63) is 64.1 Å². The van der Waals surface area contributed by atoms with Crippen molar-refractivity contribution in [2.45, 2.75) is 46.6 Å². The van der Waals surface area contributed by atoms with Crippen LogP contribution in [0.1, 0.15) is 50.8 Å². The molecule has 0 aliphatic carbocycles. The van der Waals surface area contributed by atoms with Crippen LogP contribution in [0.15, 0.2) is 47.4 Å². The molecule has 0 bridgehead atoms. The van der Waals surface area contributed by atoms with E-state index in [1.54, 1.807) is 13.2 Å². The normalized spacial score (nSPS) is 17.9. The van der Waals surface area contributed by atoms with E-state index in [4.69, 9.17) is 9.47 Å². The SMILES string of the molecule is CCCN1c2cc(OC)c(/C=C3/SC(=O)N(CCOc4ccc(C)cc4)C3=O)cc2C(C)=CC1(C)C. The molecule has 2 amide bonds. The molecule has 0 aromatic heterocycles. The summed E-state index contributed by atoms with van der Waals surface area (Å²) < 4.78 is 11.5. The van der Waals surface area contributed by atoms with E-state index in [9.17, 15) is 9.59 Å². The molecule has 0 unspecified atom stereocenters. The third-order valence-electron chi connectivity index (χ3n) is 6.54. The molecule has 0 N–H and O–H groups in total. The number of hydrogen-bond donors (Lipinski definition) is 0. The van der Waals surface area contributed by atoms with Crippen LogP contribution < -0.4 is 14.4 Å². The number of imide groups is 1. The summed E-state index contributed by atoms with van der Waals surface area (Å²) in [4.78, 5) is 29.7. The van der Waals surface area contributed by atoms with Gasteiger partial charge in [-0.05, 0) is 75.7 Å². The molecular formula is C29H34N2O4S. The van der Waals surface area contributed by atoms with Gasteiger partial charge in [-0.2, -0.15) is 0 Å². The summed E-state index contributed by atoms with van der Waals surface area (Å²) in [5.41, 5.74) is 5.23. The second-order valence-electron chi connectivity index (χ2n) is 9.74. The number of ether oxygens (including phenoxy) is 2. The fourth-order valence-corrected chi connectivity index (χ4v) is 5.62. The summed E-state index contributed by atoms with van der Waals surface area (Å²) in [6, 6.07) is 11.8. The number of benzene rings is 2. The topological polar surface area (TPSA) is 59.1 Å². The van der Waals surface area contributed by atoms with Crippen molar-refractivity contribution in [1.29, 1.82) is 0 Å². The lowest BCUT2D eigenvalue weighted by Crippen LogP contribution is -2.45. The predicted octanol–water partition coefficient (Wildman–Crippen LogP) is 6.53. The fourth-order valence-electron chi connectivity index (χ4n) is 4.77. The first-order valence-electron chi connectivity index (χ1n) is 12.3. The quantitative estimate of drug-likeness (QED) is 0.379. The number of carbonyl (C=O) groups excluding carboxylic acids is 2. The van der Waals surface area contributed by atoms with Crippen LogP contribution in [0, 0.1) is 6.92 Å². The summed E-state index contributed by atoms with van der Waals surface area (Å²) in [7, 11) is 1.63. The highest BCUT2D eigenvalue weighted by molar-refractivity contribution is 8.18. The molecule has 1 saturated heterocycles. The first-order valence-corrected chi connectivity index (χ1v) is 13.1. The molecule has 0 atom stereocenters. The van der Waals surface area contributed by atoms with Gasteiger partial charge in [0.1, 0.15) is 18.1 Å². The first kappa shape index (κ1) is 25.9. The minimum atomic E-state index is -0.307. The minimum absolute atomic E-state index is 0.108. The molecule has 2 heterocycles. The number of amides is 2. The number of carbonyl (C=O) groups is 2. The van der Waals surface area contributed by atoms with Crippen LogP contribution >= 0.6 is 11.8 Å². The van der Waals surface area contributed by atoms with Crippen LogP contribution in [0.3, 0.4) is 0 Å². The first-order chi connectivity index (χ1) is 17.1. The number of hydrogen-bond acceptors (Lipinski definition) is 6. The maximum absolute atomic E-state index is 13.1. The van der Waals surface area contributed by atoms with Gasteiger partial charge in [-0.3, -0.25) is 14.5 Å². The number of fused-ring (bicyclic) bond motifs is 1. The summed E-state index contributed by atoms with van der Waals surface area (Å²) in [5.74, 6) is 1.08. The number of anilines is 1. The van der Waals surface area contributed by atoms with Crippen LogP contribution in [0.5, 0.6) is 11.5 Å². The summed E-state index contributed by atoms with van der Waals surface area (Å²) >= 11 is 0.953. The van der Waals surface area contributed by atoms with Crippen LogP contribution in [-0.4, -0.2) is 48.4 Å². The number of rotatable bonds is 8. The number of aryl methyl sites for hydroxylation is 1. The van der Waals surface area contributed by atoms with Crippen molar-refractivity contribution >= 4 is 40.2 Å².